The smallest absolute Gasteiger partial charge is 0.263 e. The molecule has 1 aliphatic rings. The zero-order chi connectivity index (χ0) is 14.3. The molecule has 0 aliphatic carbocycles. The van der Waals surface area contributed by atoms with Gasteiger partial charge in [-0.05, 0) is 41.6 Å². The number of hydrogen-bond acceptors (Lipinski definition) is 4. The summed E-state index contributed by atoms with van der Waals surface area (Å²) in [6.07, 6.45) is 1.43. The van der Waals surface area contributed by atoms with Crippen molar-refractivity contribution >= 4 is 34.4 Å². The molecule has 2 heterocycles. The Labute approximate surface area is 128 Å². The molecule has 1 aliphatic heterocycles. The van der Waals surface area contributed by atoms with Crippen LogP contribution >= 0.6 is 22.6 Å². The van der Waals surface area contributed by atoms with Gasteiger partial charge < -0.3 is 0 Å². The lowest BCUT2D eigenvalue weighted by atomic mass is 10.1. The highest BCUT2D eigenvalue weighted by Crippen LogP contribution is 2.27. The van der Waals surface area contributed by atoms with E-state index in [2.05, 4.69) is 32.7 Å². The Morgan fingerprint density at radius 2 is 2.05 bits per heavy atom. The first-order valence-corrected chi connectivity index (χ1v) is 7.22. The first-order chi connectivity index (χ1) is 9.63. The van der Waals surface area contributed by atoms with Crippen molar-refractivity contribution in [3.63, 3.8) is 0 Å². The minimum atomic E-state index is -0.269. The SMILES string of the molecule is CCn1ncnc1CN1C(=O)c2cccc(I)c2C1=O. The molecule has 0 spiro atoms. The summed E-state index contributed by atoms with van der Waals surface area (Å²) in [6, 6.07) is 5.29. The van der Waals surface area contributed by atoms with Crippen molar-refractivity contribution in [2.45, 2.75) is 20.0 Å². The molecule has 0 bridgehead atoms. The maximum Gasteiger partial charge on any atom is 0.263 e. The lowest BCUT2D eigenvalue weighted by Crippen LogP contribution is -2.30. The summed E-state index contributed by atoms with van der Waals surface area (Å²) >= 11 is 2.07. The summed E-state index contributed by atoms with van der Waals surface area (Å²) in [7, 11) is 0. The number of carbonyl (C=O) groups excluding carboxylic acids is 2. The van der Waals surface area contributed by atoms with Crippen LogP contribution in [-0.4, -0.2) is 31.5 Å². The molecule has 20 heavy (non-hydrogen) atoms. The van der Waals surface area contributed by atoms with E-state index in [0.29, 0.717) is 23.5 Å². The van der Waals surface area contributed by atoms with Gasteiger partial charge >= 0.3 is 0 Å². The molecule has 2 amide bonds. The zero-order valence-electron chi connectivity index (χ0n) is 10.7. The van der Waals surface area contributed by atoms with E-state index in [4.69, 9.17) is 0 Å². The second kappa shape index (κ2) is 4.97. The number of imide groups is 1. The van der Waals surface area contributed by atoms with Crippen molar-refractivity contribution in [3.8, 4) is 0 Å². The number of aromatic nitrogens is 3. The number of amides is 2. The fourth-order valence-electron chi connectivity index (χ4n) is 2.25. The van der Waals surface area contributed by atoms with Gasteiger partial charge in [0.05, 0.1) is 17.7 Å². The Hall–Kier alpha value is -1.77. The molecule has 0 fully saturated rings. The fraction of sp³-hybridized carbons (Fsp3) is 0.231. The van der Waals surface area contributed by atoms with Gasteiger partial charge in [-0.3, -0.25) is 14.5 Å². The summed E-state index contributed by atoms with van der Waals surface area (Å²) in [5.74, 6) is 0.0758. The van der Waals surface area contributed by atoms with Crippen molar-refractivity contribution in [2.75, 3.05) is 0 Å². The van der Waals surface area contributed by atoms with Crippen molar-refractivity contribution in [1.29, 1.82) is 0 Å². The summed E-state index contributed by atoms with van der Waals surface area (Å²) in [5.41, 5.74) is 0.949. The predicted octanol–water partition coefficient (Wildman–Crippen LogP) is 1.70. The standard InChI is InChI=1S/C13H11IN4O2/c1-2-18-10(15-7-16-18)6-17-12(19)8-4-3-5-9(14)11(8)13(17)20/h3-5,7H,2,6H2,1H3. The molecule has 0 unspecified atom stereocenters. The number of rotatable bonds is 3. The molecule has 3 rings (SSSR count). The molecule has 1 aromatic heterocycles. The van der Waals surface area contributed by atoms with E-state index in [1.165, 1.54) is 11.2 Å². The molecule has 6 nitrogen and oxygen atoms in total. The van der Waals surface area contributed by atoms with Crippen molar-refractivity contribution in [3.05, 3.63) is 45.0 Å². The van der Waals surface area contributed by atoms with E-state index in [-0.39, 0.29) is 18.4 Å². The van der Waals surface area contributed by atoms with Crippen molar-refractivity contribution in [2.24, 2.45) is 0 Å². The first kappa shape index (κ1) is 13.2. The molecular weight excluding hydrogens is 371 g/mol. The van der Waals surface area contributed by atoms with E-state index in [9.17, 15) is 9.59 Å². The lowest BCUT2D eigenvalue weighted by Gasteiger charge is -2.13. The molecule has 0 radical (unpaired) electrons. The molecular formula is C13H11IN4O2. The highest BCUT2D eigenvalue weighted by molar-refractivity contribution is 14.1. The molecule has 7 heteroatoms. The molecule has 0 atom stereocenters. The van der Waals surface area contributed by atoms with E-state index in [1.807, 2.05) is 13.0 Å². The Balaban J connectivity index is 1.96. The largest absolute Gasteiger partial charge is 0.269 e. The normalized spacial score (nSPS) is 14.0. The Morgan fingerprint density at radius 3 is 2.75 bits per heavy atom. The quantitative estimate of drug-likeness (QED) is 0.599. The van der Waals surface area contributed by atoms with Crippen molar-refractivity contribution < 1.29 is 9.59 Å². The molecule has 1 aromatic carbocycles. The second-order valence-corrected chi connectivity index (χ2v) is 5.51. The second-order valence-electron chi connectivity index (χ2n) is 4.35. The van der Waals surface area contributed by atoms with Crippen LogP contribution in [0.15, 0.2) is 24.5 Å². The minimum absolute atomic E-state index is 0.149. The Kier molecular flexibility index (Phi) is 3.28. The third-order valence-electron chi connectivity index (χ3n) is 3.24. The van der Waals surface area contributed by atoms with Crippen LogP contribution in [-0.2, 0) is 13.1 Å². The van der Waals surface area contributed by atoms with E-state index < -0.39 is 0 Å². The van der Waals surface area contributed by atoms with Crippen LogP contribution in [0.25, 0.3) is 0 Å². The molecule has 2 aromatic rings. The number of hydrogen-bond donors (Lipinski definition) is 0. The molecule has 0 N–H and O–H groups in total. The van der Waals surface area contributed by atoms with Gasteiger partial charge in [0.1, 0.15) is 12.2 Å². The Morgan fingerprint density at radius 1 is 1.25 bits per heavy atom. The van der Waals surface area contributed by atoms with Crippen LogP contribution in [0.1, 0.15) is 33.5 Å². The number of carbonyl (C=O) groups is 2. The van der Waals surface area contributed by atoms with Crippen LogP contribution in [0.2, 0.25) is 0 Å². The minimum Gasteiger partial charge on any atom is -0.269 e. The van der Waals surface area contributed by atoms with E-state index in [0.717, 1.165) is 3.57 Å². The zero-order valence-corrected chi connectivity index (χ0v) is 12.9. The molecule has 0 saturated heterocycles. The van der Waals surface area contributed by atoms with Gasteiger partial charge in [-0.2, -0.15) is 5.10 Å². The molecule has 102 valence electrons. The summed E-state index contributed by atoms with van der Waals surface area (Å²) in [5, 5.41) is 4.05. The highest BCUT2D eigenvalue weighted by Gasteiger charge is 2.37. The van der Waals surface area contributed by atoms with E-state index in [1.54, 1.807) is 16.8 Å². The summed E-state index contributed by atoms with van der Waals surface area (Å²) in [6.45, 7) is 2.73. The first-order valence-electron chi connectivity index (χ1n) is 6.15. The fourth-order valence-corrected chi connectivity index (χ4v) is 2.98. The topological polar surface area (TPSA) is 68.1 Å². The van der Waals surface area contributed by atoms with Gasteiger partial charge in [0.15, 0.2) is 0 Å². The number of fused-ring (bicyclic) bond motifs is 1. The number of halogens is 1. The van der Waals surface area contributed by atoms with Crippen LogP contribution in [0.3, 0.4) is 0 Å². The van der Waals surface area contributed by atoms with Gasteiger partial charge in [0, 0.05) is 10.1 Å². The van der Waals surface area contributed by atoms with Crippen molar-refractivity contribution in [1.82, 2.24) is 19.7 Å². The predicted molar refractivity (Wildman–Crippen MR) is 79.1 cm³/mol. The third kappa shape index (κ3) is 1.92. The molecule has 0 saturated carbocycles. The average molecular weight is 382 g/mol. The van der Waals surface area contributed by atoms with Gasteiger partial charge in [-0.1, -0.05) is 6.07 Å². The summed E-state index contributed by atoms with van der Waals surface area (Å²) < 4.78 is 2.46. The monoisotopic (exact) mass is 382 g/mol. The van der Waals surface area contributed by atoms with Gasteiger partial charge in [-0.15, -0.1) is 0 Å². The number of benzene rings is 1. The Bertz CT molecular complexity index is 710. The van der Waals surface area contributed by atoms with Crippen LogP contribution in [0, 0.1) is 3.57 Å². The number of nitrogens with zero attached hydrogens (tertiary/aromatic N) is 4. The maximum atomic E-state index is 12.4. The van der Waals surface area contributed by atoms with Crippen LogP contribution < -0.4 is 0 Å². The van der Waals surface area contributed by atoms with E-state index >= 15 is 0 Å². The maximum absolute atomic E-state index is 12.4. The van der Waals surface area contributed by atoms with Gasteiger partial charge in [-0.25, -0.2) is 9.67 Å². The van der Waals surface area contributed by atoms with Crippen LogP contribution in [0.5, 0.6) is 0 Å². The third-order valence-corrected chi connectivity index (χ3v) is 4.14. The summed E-state index contributed by atoms with van der Waals surface area (Å²) in [4.78, 5) is 30.1. The highest BCUT2D eigenvalue weighted by atomic mass is 127. The van der Waals surface area contributed by atoms with Crippen LogP contribution in [0.4, 0.5) is 0 Å². The van der Waals surface area contributed by atoms with Gasteiger partial charge in [0.25, 0.3) is 11.8 Å². The number of aryl methyl sites for hydroxylation is 1. The average Bonchev–Trinajstić information content (AvgIpc) is 2.98. The lowest BCUT2D eigenvalue weighted by molar-refractivity contribution is 0.0636. The van der Waals surface area contributed by atoms with Gasteiger partial charge in [0.2, 0.25) is 0 Å².